The Kier molecular flexibility index (Phi) is 4.93. The zero-order chi connectivity index (χ0) is 16.8. The summed E-state index contributed by atoms with van der Waals surface area (Å²) in [5, 5.41) is 15.4. The van der Waals surface area contributed by atoms with Gasteiger partial charge in [0.15, 0.2) is 5.09 Å². The summed E-state index contributed by atoms with van der Waals surface area (Å²) >= 11 is 1.53. The Morgan fingerprint density at radius 3 is 2.50 bits per heavy atom. The summed E-state index contributed by atoms with van der Waals surface area (Å²) in [6.45, 7) is 0. The van der Waals surface area contributed by atoms with Gasteiger partial charge in [-0.3, -0.25) is 15.5 Å². The second kappa shape index (κ2) is 7.47. The van der Waals surface area contributed by atoms with Gasteiger partial charge in [-0.1, -0.05) is 30.0 Å². The quantitative estimate of drug-likeness (QED) is 0.397. The van der Waals surface area contributed by atoms with Crippen LogP contribution in [0.3, 0.4) is 0 Å². The van der Waals surface area contributed by atoms with E-state index in [9.17, 15) is 10.1 Å². The lowest BCUT2D eigenvalue weighted by atomic mass is 10.3. The Morgan fingerprint density at radius 1 is 1.04 bits per heavy atom. The Hall–Kier alpha value is -3.06. The highest BCUT2D eigenvalue weighted by molar-refractivity contribution is 7.99. The minimum atomic E-state index is -0.443. The normalized spacial score (nSPS) is 10.8. The van der Waals surface area contributed by atoms with Gasteiger partial charge in [0, 0.05) is 17.0 Å². The molecule has 6 nitrogen and oxygen atoms in total. The number of non-ortho nitro benzene ring substituents is 1. The van der Waals surface area contributed by atoms with Crippen molar-refractivity contribution in [2.24, 2.45) is 5.10 Å². The molecule has 1 aromatic heterocycles. The zero-order valence-corrected chi connectivity index (χ0v) is 13.3. The lowest BCUT2D eigenvalue weighted by molar-refractivity contribution is -0.384. The molecule has 0 atom stereocenters. The van der Waals surface area contributed by atoms with E-state index in [1.54, 1.807) is 18.3 Å². The molecule has 0 unspecified atom stereocenters. The fourth-order valence-corrected chi connectivity index (χ4v) is 2.69. The monoisotopic (exact) mass is 339 g/mol. The van der Waals surface area contributed by atoms with E-state index in [1.807, 2.05) is 42.5 Å². The van der Waals surface area contributed by atoms with E-state index in [-0.39, 0.29) is 5.69 Å². The number of hydrogen-bond donors (Lipinski definition) is 1. The number of nitro benzene ring substituents is 1. The Balaban J connectivity index is 1.58. The topological polar surface area (TPSA) is 80.7 Å². The first-order valence-electron chi connectivity index (χ1n) is 7.07. The van der Waals surface area contributed by atoms with Crippen LogP contribution in [0, 0.1) is 10.1 Å². The van der Waals surface area contributed by atoms with Crippen molar-refractivity contribution in [1.82, 2.24) is 0 Å². The maximum atomic E-state index is 10.6. The van der Waals surface area contributed by atoms with Crippen LogP contribution < -0.4 is 5.43 Å². The smallest absolute Gasteiger partial charge is 0.269 e. The van der Waals surface area contributed by atoms with E-state index < -0.39 is 4.92 Å². The zero-order valence-electron chi connectivity index (χ0n) is 12.5. The molecule has 0 bridgehead atoms. The van der Waals surface area contributed by atoms with Crippen LogP contribution in [-0.2, 0) is 0 Å². The second-order valence-electron chi connectivity index (χ2n) is 4.75. The molecule has 0 saturated heterocycles. The number of anilines is 1. The average molecular weight is 339 g/mol. The number of hydrogen-bond acceptors (Lipinski definition) is 6. The molecule has 120 valence electrons. The number of nitrogens with one attached hydrogen (secondary N) is 1. The molecule has 0 aliphatic heterocycles. The Labute approximate surface area is 142 Å². The maximum absolute atomic E-state index is 10.6. The van der Waals surface area contributed by atoms with Crippen molar-refractivity contribution >= 4 is 29.4 Å². The van der Waals surface area contributed by atoms with E-state index in [0.29, 0.717) is 11.4 Å². The van der Waals surface area contributed by atoms with Gasteiger partial charge in [0.1, 0.15) is 5.76 Å². The van der Waals surface area contributed by atoms with Crippen molar-refractivity contribution in [2.75, 3.05) is 5.43 Å². The molecular weight excluding hydrogens is 326 g/mol. The molecule has 2 aromatic carbocycles. The molecular formula is C17H13N3O3S. The van der Waals surface area contributed by atoms with Gasteiger partial charge in [-0.25, -0.2) is 0 Å². The molecule has 0 aliphatic rings. The van der Waals surface area contributed by atoms with Crippen LogP contribution >= 0.6 is 11.8 Å². The molecule has 0 radical (unpaired) electrons. The summed E-state index contributed by atoms with van der Waals surface area (Å²) in [6, 6.07) is 19.7. The third-order valence-corrected chi connectivity index (χ3v) is 3.96. The second-order valence-corrected chi connectivity index (χ2v) is 5.82. The predicted octanol–water partition coefficient (Wildman–Crippen LogP) is 4.79. The largest absolute Gasteiger partial charge is 0.448 e. The fraction of sp³-hybridized carbons (Fsp3) is 0. The van der Waals surface area contributed by atoms with Crippen molar-refractivity contribution in [3.05, 3.63) is 82.6 Å². The lowest BCUT2D eigenvalue weighted by Gasteiger charge is -1.98. The summed E-state index contributed by atoms with van der Waals surface area (Å²) in [5.41, 5.74) is 3.49. The molecule has 0 saturated carbocycles. The summed E-state index contributed by atoms with van der Waals surface area (Å²) in [5.74, 6) is 0.614. The summed E-state index contributed by atoms with van der Waals surface area (Å²) in [4.78, 5) is 11.2. The lowest BCUT2D eigenvalue weighted by Crippen LogP contribution is -1.91. The number of benzene rings is 2. The molecule has 0 fully saturated rings. The third kappa shape index (κ3) is 4.23. The van der Waals surface area contributed by atoms with E-state index in [1.165, 1.54) is 23.9 Å². The van der Waals surface area contributed by atoms with E-state index in [0.717, 1.165) is 9.99 Å². The third-order valence-electron chi connectivity index (χ3n) is 3.03. The van der Waals surface area contributed by atoms with E-state index in [2.05, 4.69) is 10.5 Å². The molecule has 3 aromatic rings. The van der Waals surface area contributed by atoms with Crippen LogP contribution in [0.5, 0.6) is 0 Å². The van der Waals surface area contributed by atoms with Gasteiger partial charge in [-0.05, 0) is 36.4 Å². The van der Waals surface area contributed by atoms with Gasteiger partial charge >= 0.3 is 0 Å². The van der Waals surface area contributed by atoms with Crippen LogP contribution in [0.15, 0.2) is 86.2 Å². The first-order chi connectivity index (χ1) is 11.7. The van der Waals surface area contributed by atoms with Gasteiger partial charge in [-0.2, -0.15) is 5.10 Å². The highest BCUT2D eigenvalue weighted by Crippen LogP contribution is 2.28. The fourth-order valence-electron chi connectivity index (χ4n) is 1.89. The molecule has 0 aliphatic carbocycles. The number of rotatable bonds is 6. The molecule has 1 heterocycles. The number of hydrazone groups is 1. The highest BCUT2D eigenvalue weighted by Gasteiger charge is 2.04. The van der Waals surface area contributed by atoms with Crippen molar-refractivity contribution in [3.8, 4) is 0 Å². The van der Waals surface area contributed by atoms with Crippen molar-refractivity contribution in [2.45, 2.75) is 9.99 Å². The van der Waals surface area contributed by atoms with Gasteiger partial charge in [-0.15, -0.1) is 0 Å². The summed E-state index contributed by atoms with van der Waals surface area (Å²) in [6.07, 6.45) is 1.55. The van der Waals surface area contributed by atoms with Crippen LogP contribution in [-0.4, -0.2) is 11.1 Å². The molecule has 3 rings (SSSR count). The van der Waals surface area contributed by atoms with E-state index in [4.69, 9.17) is 4.42 Å². The standard InChI is InChI=1S/C17H13N3O3S/c21-20(22)14-8-6-13(7-9-14)19-18-12-15-10-11-17(23-15)24-16-4-2-1-3-5-16/h1-12,19H/b18-12-. The highest BCUT2D eigenvalue weighted by atomic mass is 32.2. The molecule has 24 heavy (non-hydrogen) atoms. The molecule has 7 heteroatoms. The first-order valence-corrected chi connectivity index (χ1v) is 7.88. The van der Waals surface area contributed by atoms with Crippen molar-refractivity contribution in [1.29, 1.82) is 0 Å². The molecule has 1 N–H and O–H groups in total. The maximum Gasteiger partial charge on any atom is 0.269 e. The summed E-state index contributed by atoms with van der Waals surface area (Å²) < 4.78 is 5.66. The minimum absolute atomic E-state index is 0.0399. The Bertz CT molecular complexity index is 845. The summed E-state index contributed by atoms with van der Waals surface area (Å²) in [7, 11) is 0. The molecule has 0 amide bonds. The number of furan rings is 1. The van der Waals surface area contributed by atoms with Gasteiger partial charge in [0.05, 0.1) is 16.8 Å². The SMILES string of the molecule is O=[N+]([O-])c1ccc(N/N=C\c2ccc(Sc3ccccc3)o2)cc1. The van der Waals surface area contributed by atoms with Gasteiger partial charge in [0.25, 0.3) is 5.69 Å². The van der Waals surface area contributed by atoms with Crippen LogP contribution in [0.1, 0.15) is 5.76 Å². The average Bonchev–Trinajstić information content (AvgIpc) is 3.03. The Morgan fingerprint density at radius 2 is 1.79 bits per heavy atom. The van der Waals surface area contributed by atoms with Gasteiger partial charge in [0.2, 0.25) is 0 Å². The number of nitrogens with zero attached hydrogens (tertiary/aromatic N) is 2. The van der Waals surface area contributed by atoms with Gasteiger partial charge < -0.3 is 4.42 Å². The van der Waals surface area contributed by atoms with E-state index >= 15 is 0 Å². The van der Waals surface area contributed by atoms with Crippen molar-refractivity contribution in [3.63, 3.8) is 0 Å². The van der Waals surface area contributed by atoms with Crippen LogP contribution in [0.2, 0.25) is 0 Å². The van der Waals surface area contributed by atoms with Crippen molar-refractivity contribution < 1.29 is 9.34 Å². The molecule has 0 spiro atoms. The predicted molar refractivity (Wildman–Crippen MR) is 93.6 cm³/mol. The van der Waals surface area contributed by atoms with Crippen LogP contribution in [0.4, 0.5) is 11.4 Å². The first kappa shape index (κ1) is 15.8. The minimum Gasteiger partial charge on any atom is -0.448 e. The van der Waals surface area contributed by atoms with Crippen LogP contribution in [0.25, 0.3) is 0 Å². The number of nitro groups is 1.